The molecule has 1 saturated heterocycles. The van der Waals surface area contributed by atoms with E-state index in [0.717, 1.165) is 61.5 Å². The van der Waals surface area contributed by atoms with Crippen LogP contribution in [-0.2, 0) is 9.53 Å². The van der Waals surface area contributed by atoms with Gasteiger partial charge in [-0.1, -0.05) is 35.9 Å². The van der Waals surface area contributed by atoms with Crippen molar-refractivity contribution in [2.45, 2.75) is 25.8 Å². The van der Waals surface area contributed by atoms with Crippen LogP contribution < -0.4 is 10.6 Å². The van der Waals surface area contributed by atoms with Crippen LogP contribution in [0.3, 0.4) is 0 Å². The summed E-state index contributed by atoms with van der Waals surface area (Å²) in [6, 6.07) is 16.0. The standard InChI is InChI=1S/C26H31N5O2/c1-19(21-6-4-3-5-7-21)29-26-23-17-22(8-9-24(23)27-18-28-26)30-25(32)16-20-10-12-31(13-11-20)14-15-33-2/h3-9,16-19H,10-15H2,1-2H3,(H,30,32)(H,27,28,29)/t19-/m0/s1. The zero-order valence-corrected chi connectivity index (χ0v) is 19.3. The maximum absolute atomic E-state index is 12.7. The van der Waals surface area contributed by atoms with Crippen LogP contribution in [0.15, 0.2) is 66.5 Å². The molecule has 2 aromatic carbocycles. The predicted molar refractivity (Wildman–Crippen MR) is 132 cm³/mol. The number of hydrogen-bond acceptors (Lipinski definition) is 6. The van der Waals surface area contributed by atoms with E-state index in [1.165, 1.54) is 11.1 Å². The minimum atomic E-state index is -0.0984. The summed E-state index contributed by atoms with van der Waals surface area (Å²) in [4.78, 5) is 23.8. The number of methoxy groups -OCH3 is 1. The van der Waals surface area contributed by atoms with Crippen LogP contribution in [-0.4, -0.2) is 54.1 Å². The highest BCUT2D eigenvalue weighted by molar-refractivity contribution is 6.02. The van der Waals surface area contributed by atoms with Crippen molar-refractivity contribution in [3.8, 4) is 0 Å². The largest absolute Gasteiger partial charge is 0.383 e. The number of likely N-dealkylation sites (tertiary alicyclic amines) is 1. The van der Waals surface area contributed by atoms with Gasteiger partial charge in [0.05, 0.1) is 12.1 Å². The van der Waals surface area contributed by atoms with Gasteiger partial charge < -0.3 is 20.3 Å². The lowest BCUT2D eigenvalue weighted by molar-refractivity contribution is -0.112. The Hall–Kier alpha value is -3.29. The van der Waals surface area contributed by atoms with Crippen molar-refractivity contribution >= 4 is 28.3 Å². The number of aromatic nitrogens is 2. The Morgan fingerprint density at radius 3 is 2.70 bits per heavy atom. The van der Waals surface area contributed by atoms with Crippen LogP contribution in [0.2, 0.25) is 0 Å². The molecule has 7 heteroatoms. The molecule has 0 unspecified atom stereocenters. The molecular formula is C26H31N5O2. The van der Waals surface area contributed by atoms with Gasteiger partial charge >= 0.3 is 0 Å². The van der Waals surface area contributed by atoms with Gasteiger partial charge in [0.15, 0.2) is 0 Å². The summed E-state index contributed by atoms with van der Waals surface area (Å²) >= 11 is 0. The van der Waals surface area contributed by atoms with Crippen LogP contribution in [0.4, 0.5) is 11.5 Å². The molecule has 1 amide bonds. The molecule has 33 heavy (non-hydrogen) atoms. The van der Waals surface area contributed by atoms with Gasteiger partial charge in [-0.15, -0.1) is 0 Å². The third-order valence-electron chi connectivity index (χ3n) is 6.00. The summed E-state index contributed by atoms with van der Waals surface area (Å²) < 4.78 is 5.15. The second kappa shape index (κ2) is 11.0. The van der Waals surface area contributed by atoms with Crippen LogP contribution in [0.1, 0.15) is 31.4 Å². The minimum absolute atomic E-state index is 0.0852. The van der Waals surface area contributed by atoms with Gasteiger partial charge in [0.2, 0.25) is 5.91 Å². The van der Waals surface area contributed by atoms with Crippen molar-refractivity contribution in [1.82, 2.24) is 14.9 Å². The van der Waals surface area contributed by atoms with Gasteiger partial charge in [0.1, 0.15) is 12.1 Å². The van der Waals surface area contributed by atoms with E-state index in [1.54, 1.807) is 19.5 Å². The van der Waals surface area contributed by atoms with E-state index in [2.05, 4.69) is 44.6 Å². The number of rotatable bonds is 8. The van der Waals surface area contributed by atoms with Crippen LogP contribution in [0, 0.1) is 0 Å². The molecule has 7 nitrogen and oxygen atoms in total. The lowest BCUT2D eigenvalue weighted by atomic mass is 10.0. The second-order valence-electron chi connectivity index (χ2n) is 8.36. The fourth-order valence-corrected chi connectivity index (χ4v) is 4.07. The number of nitrogens with zero attached hydrogens (tertiary/aromatic N) is 3. The van der Waals surface area contributed by atoms with Crippen molar-refractivity contribution in [2.24, 2.45) is 0 Å². The monoisotopic (exact) mass is 445 g/mol. The van der Waals surface area contributed by atoms with Gasteiger partial charge in [0.25, 0.3) is 0 Å². The van der Waals surface area contributed by atoms with Gasteiger partial charge in [-0.25, -0.2) is 9.97 Å². The number of piperidine rings is 1. The first-order valence-electron chi connectivity index (χ1n) is 11.4. The van der Waals surface area contributed by atoms with Gasteiger partial charge in [-0.3, -0.25) is 4.79 Å². The molecule has 0 spiro atoms. The molecule has 1 atom stereocenters. The first-order chi connectivity index (χ1) is 16.1. The first kappa shape index (κ1) is 22.9. The average Bonchev–Trinajstić information content (AvgIpc) is 2.84. The molecule has 0 saturated carbocycles. The van der Waals surface area contributed by atoms with Crippen LogP contribution >= 0.6 is 0 Å². The van der Waals surface area contributed by atoms with Gasteiger partial charge in [-0.2, -0.15) is 0 Å². The summed E-state index contributed by atoms with van der Waals surface area (Å²) in [5.41, 5.74) is 3.91. The molecule has 1 fully saturated rings. The number of ether oxygens (including phenoxy) is 1. The maximum Gasteiger partial charge on any atom is 0.248 e. The maximum atomic E-state index is 12.7. The number of hydrogen-bond donors (Lipinski definition) is 2. The Morgan fingerprint density at radius 2 is 1.94 bits per heavy atom. The summed E-state index contributed by atoms with van der Waals surface area (Å²) in [6.45, 7) is 5.71. The van der Waals surface area contributed by atoms with E-state index in [1.807, 2.05) is 36.4 Å². The fourth-order valence-electron chi connectivity index (χ4n) is 4.07. The highest BCUT2D eigenvalue weighted by Gasteiger charge is 2.15. The third kappa shape index (κ3) is 6.15. The molecular weight excluding hydrogens is 414 g/mol. The van der Waals surface area contributed by atoms with Crippen LogP contribution in [0.25, 0.3) is 10.9 Å². The molecule has 1 aromatic heterocycles. The number of fused-ring (bicyclic) bond motifs is 1. The molecule has 2 N–H and O–H groups in total. The van der Waals surface area contributed by atoms with E-state index in [0.29, 0.717) is 0 Å². The van der Waals surface area contributed by atoms with E-state index in [-0.39, 0.29) is 11.9 Å². The van der Waals surface area contributed by atoms with E-state index < -0.39 is 0 Å². The predicted octanol–water partition coefficient (Wildman–Crippen LogP) is 4.41. The number of benzene rings is 2. The molecule has 0 bridgehead atoms. The Labute approximate surface area is 194 Å². The van der Waals surface area contributed by atoms with Crippen molar-refractivity contribution in [1.29, 1.82) is 0 Å². The highest BCUT2D eigenvalue weighted by atomic mass is 16.5. The molecule has 0 aliphatic carbocycles. The lowest BCUT2D eigenvalue weighted by Gasteiger charge is -2.27. The SMILES string of the molecule is COCCN1CCC(=CC(=O)Nc2ccc3ncnc(N[C@@H](C)c4ccccc4)c3c2)CC1. The number of nitrogens with one attached hydrogen (secondary N) is 2. The van der Waals surface area contributed by atoms with E-state index >= 15 is 0 Å². The highest BCUT2D eigenvalue weighted by Crippen LogP contribution is 2.26. The summed E-state index contributed by atoms with van der Waals surface area (Å²) in [5, 5.41) is 7.36. The van der Waals surface area contributed by atoms with Gasteiger partial charge in [-0.05, 0) is 43.5 Å². The number of carbonyl (C=O) groups is 1. The summed E-state index contributed by atoms with van der Waals surface area (Å²) in [6.07, 6.45) is 5.13. The second-order valence-corrected chi connectivity index (χ2v) is 8.36. The molecule has 172 valence electrons. The Morgan fingerprint density at radius 1 is 1.15 bits per heavy atom. The number of anilines is 2. The van der Waals surface area contributed by atoms with E-state index in [4.69, 9.17) is 4.74 Å². The topological polar surface area (TPSA) is 79.4 Å². The van der Waals surface area contributed by atoms with Crippen molar-refractivity contribution < 1.29 is 9.53 Å². The van der Waals surface area contributed by atoms with Crippen molar-refractivity contribution in [3.63, 3.8) is 0 Å². The van der Waals surface area contributed by atoms with Crippen molar-refractivity contribution in [2.75, 3.05) is 44.0 Å². The Bertz CT molecular complexity index is 1110. The molecule has 3 aromatic rings. The number of amides is 1. The number of carbonyl (C=O) groups excluding carboxylic acids is 1. The summed E-state index contributed by atoms with van der Waals surface area (Å²) in [7, 11) is 1.72. The minimum Gasteiger partial charge on any atom is -0.383 e. The molecule has 2 heterocycles. The lowest BCUT2D eigenvalue weighted by Crippen LogP contribution is -2.33. The smallest absolute Gasteiger partial charge is 0.248 e. The van der Waals surface area contributed by atoms with Crippen LogP contribution in [0.5, 0.6) is 0 Å². The summed E-state index contributed by atoms with van der Waals surface area (Å²) in [5.74, 6) is 0.646. The zero-order valence-electron chi connectivity index (χ0n) is 19.3. The molecule has 0 radical (unpaired) electrons. The fraction of sp³-hybridized carbons (Fsp3) is 0.346. The van der Waals surface area contributed by atoms with Crippen molar-refractivity contribution in [3.05, 3.63) is 72.1 Å². The first-order valence-corrected chi connectivity index (χ1v) is 11.4. The normalized spacial score (nSPS) is 15.3. The molecule has 1 aliphatic heterocycles. The zero-order chi connectivity index (χ0) is 23.0. The van der Waals surface area contributed by atoms with Gasteiger partial charge in [0, 0.05) is 49.9 Å². The van der Waals surface area contributed by atoms with E-state index in [9.17, 15) is 4.79 Å². The average molecular weight is 446 g/mol. The Kier molecular flexibility index (Phi) is 7.65. The Balaban J connectivity index is 1.43. The molecule has 4 rings (SSSR count). The quantitative estimate of drug-likeness (QED) is 0.500. The molecule has 1 aliphatic rings. The third-order valence-corrected chi connectivity index (χ3v) is 6.00.